The maximum Gasteiger partial charge on any atom is 0.226 e. The average molecular weight is 224 g/mol. The van der Waals surface area contributed by atoms with Crippen molar-refractivity contribution in [2.24, 2.45) is 5.92 Å². The van der Waals surface area contributed by atoms with E-state index in [2.05, 4.69) is 10.5 Å². The van der Waals surface area contributed by atoms with Crippen molar-refractivity contribution < 1.29 is 14.1 Å². The molecule has 1 fully saturated rings. The normalized spacial score (nSPS) is 23.1. The van der Waals surface area contributed by atoms with Crippen molar-refractivity contribution in [3.05, 3.63) is 17.5 Å². The SMILES string of the molecule is CCO[C@H]1C[C@@H]1C(=O)NCc1cc(C)no1. The van der Waals surface area contributed by atoms with Gasteiger partial charge in [0.25, 0.3) is 0 Å². The topological polar surface area (TPSA) is 64.4 Å². The summed E-state index contributed by atoms with van der Waals surface area (Å²) < 4.78 is 10.3. The third-order valence-corrected chi connectivity index (χ3v) is 2.56. The van der Waals surface area contributed by atoms with Crippen LogP contribution in [0.2, 0.25) is 0 Å². The number of carbonyl (C=O) groups excluding carboxylic acids is 1. The lowest BCUT2D eigenvalue weighted by atomic mass is 10.3. The minimum Gasteiger partial charge on any atom is -0.378 e. The molecule has 1 amide bonds. The van der Waals surface area contributed by atoms with E-state index >= 15 is 0 Å². The largest absolute Gasteiger partial charge is 0.378 e. The Morgan fingerprint density at radius 1 is 1.75 bits per heavy atom. The van der Waals surface area contributed by atoms with E-state index in [1.165, 1.54) is 0 Å². The zero-order chi connectivity index (χ0) is 11.5. The summed E-state index contributed by atoms with van der Waals surface area (Å²) in [7, 11) is 0. The van der Waals surface area contributed by atoms with Gasteiger partial charge in [-0.2, -0.15) is 0 Å². The summed E-state index contributed by atoms with van der Waals surface area (Å²) >= 11 is 0. The van der Waals surface area contributed by atoms with Gasteiger partial charge in [0, 0.05) is 12.7 Å². The van der Waals surface area contributed by atoms with Crippen molar-refractivity contribution in [1.82, 2.24) is 10.5 Å². The summed E-state index contributed by atoms with van der Waals surface area (Å²) in [6.45, 7) is 4.84. The van der Waals surface area contributed by atoms with Crippen molar-refractivity contribution >= 4 is 5.91 Å². The molecule has 5 heteroatoms. The van der Waals surface area contributed by atoms with Gasteiger partial charge in [0.15, 0.2) is 5.76 Å². The molecule has 2 atom stereocenters. The molecule has 1 aliphatic carbocycles. The van der Waals surface area contributed by atoms with Gasteiger partial charge in [-0.3, -0.25) is 4.79 Å². The Balaban J connectivity index is 1.73. The summed E-state index contributed by atoms with van der Waals surface area (Å²) in [6.07, 6.45) is 0.941. The lowest BCUT2D eigenvalue weighted by molar-refractivity contribution is -0.123. The first-order chi connectivity index (χ1) is 7.70. The number of hydrogen-bond acceptors (Lipinski definition) is 4. The van der Waals surface area contributed by atoms with Crippen LogP contribution in [0.1, 0.15) is 24.8 Å². The number of nitrogens with zero attached hydrogens (tertiary/aromatic N) is 1. The van der Waals surface area contributed by atoms with E-state index in [9.17, 15) is 4.79 Å². The first-order valence-electron chi connectivity index (χ1n) is 5.52. The van der Waals surface area contributed by atoms with Crippen LogP contribution in [0.3, 0.4) is 0 Å². The zero-order valence-corrected chi connectivity index (χ0v) is 9.53. The Morgan fingerprint density at radius 3 is 3.19 bits per heavy atom. The van der Waals surface area contributed by atoms with E-state index in [-0.39, 0.29) is 17.9 Å². The van der Waals surface area contributed by atoms with Gasteiger partial charge in [-0.25, -0.2) is 0 Å². The lowest BCUT2D eigenvalue weighted by Crippen LogP contribution is -2.25. The van der Waals surface area contributed by atoms with Gasteiger partial charge in [0.1, 0.15) is 0 Å². The Labute approximate surface area is 94.1 Å². The number of hydrogen-bond donors (Lipinski definition) is 1. The minimum absolute atomic E-state index is 0.0176. The second kappa shape index (κ2) is 4.65. The molecule has 1 aromatic rings. The van der Waals surface area contributed by atoms with Crippen LogP contribution in [0.25, 0.3) is 0 Å². The van der Waals surface area contributed by atoms with E-state index in [4.69, 9.17) is 9.26 Å². The Bertz CT molecular complexity index is 375. The highest BCUT2D eigenvalue weighted by Gasteiger charge is 2.43. The number of rotatable bonds is 5. The highest BCUT2D eigenvalue weighted by Crippen LogP contribution is 2.33. The molecular weight excluding hydrogens is 208 g/mol. The van der Waals surface area contributed by atoms with E-state index < -0.39 is 0 Å². The zero-order valence-electron chi connectivity index (χ0n) is 9.53. The number of carbonyl (C=O) groups is 1. The van der Waals surface area contributed by atoms with E-state index in [0.717, 1.165) is 12.1 Å². The van der Waals surface area contributed by atoms with Gasteiger partial charge in [-0.05, 0) is 20.3 Å². The van der Waals surface area contributed by atoms with Crippen LogP contribution in [-0.4, -0.2) is 23.8 Å². The molecule has 1 N–H and O–H groups in total. The van der Waals surface area contributed by atoms with E-state index in [0.29, 0.717) is 18.9 Å². The minimum atomic E-state index is 0.0176. The van der Waals surface area contributed by atoms with Crippen LogP contribution in [0.15, 0.2) is 10.6 Å². The number of amides is 1. The van der Waals surface area contributed by atoms with Crippen LogP contribution in [0.5, 0.6) is 0 Å². The third-order valence-electron chi connectivity index (χ3n) is 2.56. The highest BCUT2D eigenvalue weighted by molar-refractivity contribution is 5.81. The van der Waals surface area contributed by atoms with E-state index in [1.807, 2.05) is 19.9 Å². The van der Waals surface area contributed by atoms with Gasteiger partial charge < -0.3 is 14.6 Å². The Kier molecular flexibility index (Phi) is 3.24. The molecule has 16 heavy (non-hydrogen) atoms. The Morgan fingerprint density at radius 2 is 2.56 bits per heavy atom. The standard InChI is InChI=1S/C11H16N2O3/c1-3-15-10-5-9(10)11(14)12-6-8-4-7(2)13-16-8/h4,9-10H,3,5-6H2,1-2H3,(H,12,14)/t9-,10-/m0/s1. The highest BCUT2D eigenvalue weighted by atomic mass is 16.5. The first kappa shape index (κ1) is 11.1. The van der Waals surface area contributed by atoms with Gasteiger partial charge >= 0.3 is 0 Å². The third kappa shape index (κ3) is 2.61. The number of aromatic nitrogens is 1. The molecule has 0 aliphatic heterocycles. The van der Waals surface area contributed by atoms with Crippen LogP contribution in [-0.2, 0) is 16.1 Å². The summed E-state index contributed by atoms with van der Waals surface area (Å²) in [5.41, 5.74) is 0.822. The molecule has 1 saturated carbocycles. The van der Waals surface area contributed by atoms with Crippen molar-refractivity contribution in [3.8, 4) is 0 Å². The Hall–Kier alpha value is -1.36. The fourth-order valence-electron chi connectivity index (χ4n) is 1.65. The summed E-state index contributed by atoms with van der Waals surface area (Å²) in [5.74, 6) is 0.732. The predicted molar refractivity (Wildman–Crippen MR) is 56.6 cm³/mol. The van der Waals surface area contributed by atoms with Gasteiger partial charge in [-0.1, -0.05) is 5.16 Å². The molecule has 0 radical (unpaired) electrons. The summed E-state index contributed by atoms with van der Waals surface area (Å²) in [4.78, 5) is 11.6. The monoisotopic (exact) mass is 224 g/mol. The molecule has 88 valence electrons. The van der Waals surface area contributed by atoms with Crippen LogP contribution in [0.4, 0.5) is 0 Å². The molecule has 1 aromatic heterocycles. The van der Waals surface area contributed by atoms with Crippen LogP contribution >= 0.6 is 0 Å². The average Bonchev–Trinajstić information content (AvgIpc) is 2.90. The number of aryl methyl sites for hydroxylation is 1. The molecule has 5 nitrogen and oxygen atoms in total. The molecule has 0 aromatic carbocycles. The fourth-order valence-corrected chi connectivity index (χ4v) is 1.65. The maximum atomic E-state index is 11.6. The lowest BCUT2D eigenvalue weighted by Gasteiger charge is -2.02. The van der Waals surface area contributed by atoms with Crippen molar-refractivity contribution in [3.63, 3.8) is 0 Å². The molecule has 0 saturated heterocycles. The second-order valence-corrected chi connectivity index (χ2v) is 3.99. The van der Waals surface area contributed by atoms with Crippen molar-refractivity contribution in [1.29, 1.82) is 0 Å². The molecule has 0 spiro atoms. The maximum absolute atomic E-state index is 11.6. The van der Waals surface area contributed by atoms with Crippen LogP contribution in [0, 0.1) is 12.8 Å². The van der Waals surface area contributed by atoms with Gasteiger partial charge in [0.05, 0.1) is 24.3 Å². The number of ether oxygens (including phenoxy) is 1. The fraction of sp³-hybridized carbons (Fsp3) is 0.636. The molecule has 1 heterocycles. The van der Waals surface area contributed by atoms with Gasteiger partial charge in [0.2, 0.25) is 5.91 Å². The van der Waals surface area contributed by atoms with E-state index in [1.54, 1.807) is 0 Å². The summed E-state index contributed by atoms with van der Waals surface area (Å²) in [5, 5.41) is 6.56. The molecule has 1 aliphatic rings. The number of nitrogens with one attached hydrogen (secondary N) is 1. The smallest absolute Gasteiger partial charge is 0.226 e. The molecular formula is C11H16N2O3. The molecule has 0 unspecified atom stereocenters. The quantitative estimate of drug-likeness (QED) is 0.811. The summed E-state index contributed by atoms with van der Waals surface area (Å²) in [6, 6.07) is 1.81. The molecule has 0 bridgehead atoms. The van der Waals surface area contributed by atoms with Gasteiger partial charge in [-0.15, -0.1) is 0 Å². The second-order valence-electron chi connectivity index (χ2n) is 3.99. The van der Waals surface area contributed by atoms with Crippen molar-refractivity contribution in [2.45, 2.75) is 32.9 Å². The van der Waals surface area contributed by atoms with Crippen molar-refractivity contribution in [2.75, 3.05) is 6.61 Å². The first-order valence-corrected chi connectivity index (χ1v) is 5.52. The van der Waals surface area contributed by atoms with Crippen LogP contribution < -0.4 is 5.32 Å². The predicted octanol–water partition coefficient (Wildman–Crippen LogP) is 1.02. The molecule has 2 rings (SSSR count).